The van der Waals surface area contributed by atoms with Gasteiger partial charge in [-0.15, -0.1) is 11.6 Å². The van der Waals surface area contributed by atoms with Crippen LogP contribution in [0, 0.1) is 0 Å². The normalized spacial score (nSPS) is 12.4. The maximum atomic E-state index is 10.8. The molecule has 0 aromatic rings. The van der Waals surface area contributed by atoms with Gasteiger partial charge < -0.3 is 0 Å². The van der Waals surface area contributed by atoms with Crippen LogP contribution in [0.2, 0.25) is 0 Å². The van der Waals surface area contributed by atoms with Gasteiger partial charge in [-0.3, -0.25) is 0 Å². The number of hydrogen-bond acceptors (Lipinski definition) is 2. The Morgan fingerprint density at radius 2 is 2.00 bits per heavy atom. The van der Waals surface area contributed by atoms with Gasteiger partial charge in [-0.05, 0) is 13.8 Å². The van der Waals surface area contributed by atoms with Crippen LogP contribution in [0.15, 0.2) is 0 Å². The van der Waals surface area contributed by atoms with Crippen molar-refractivity contribution in [3.05, 3.63) is 0 Å². The highest BCUT2D eigenvalue weighted by Gasteiger charge is 2.09. The first kappa shape index (κ1) is 10.2. The molecule has 62 valence electrons. The Bertz CT molecular complexity index is 176. The van der Waals surface area contributed by atoms with Gasteiger partial charge in [0, 0.05) is 11.9 Å². The number of nitrogens with one attached hydrogen (secondary N) is 1. The highest BCUT2D eigenvalue weighted by Crippen LogP contribution is 1.89. The molecule has 0 heterocycles. The minimum atomic E-state index is -3.11. The lowest BCUT2D eigenvalue weighted by atomic mass is 10.4. The molecule has 0 rings (SSSR count). The fourth-order valence-electron chi connectivity index (χ4n) is 0.520. The van der Waals surface area contributed by atoms with Crippen LogP contribution in [0.25, 0.3) is 0 Å². The van der Waals surface area contributed by atoms with Crippen molar-refractivity contribution < 1.29 is 8.42 Å². The summed E-state index contributed by atoms with van der Waals surface area (Å²) < 4.78 is 24.1. The quantitative estimate of drug-likeness (QED) is 0.651. The van der Waals surface area contributed by atoms with Gasteiger partial charge in [0.05, 0.1) is 5.75 Å². The molecule has 0 fully saturated rings. The molecule has 0 aliphatic heterocycles. The molecule has 0 atom stereocenters. The summed E-state index contributed by atoms with van der Waals surface area (Å²) in [5.41, 5.74) is 0. The average Bonchev–Trinajstić information content (AvgIpc) is 1.59. The molecule has 0 saturated heterocycles. The zero-order valence-corrected chi connectivity index (χ0v) is 7.67. The van der Waals surface area contributed by atoms with E-state index in [1.165, 1.54) is 0 Å². The van der Waals surface area contributed by atoms with Gasteiger partial charge in [0.15, 0.2) is 0 Å². The molecule has 0 aliphatic carbocycles. The molecule has 5 heteroatoms. The third kappa shape index (κ3) is 5.02. The van der Waals surface area contributed by atoms with Gasteiger partial charge in [-0.1, -0.05) is 0 Å². The van der Waals surface area contributed by atoms with Crippen molar-refractivity contribution in [2.45, 2.75) is 19.9 Å². The zero-order chi connectivity index (χ0) is 8.20. The monoisotopic (exact) mass is 185 g/mol. The first-order chi connectivity index (χ1) is 4.48. The van der Waals surface area contributed by atoms with E-state index in [0.29, 0.717) is 0 Å². The predicted octanol–water partition coefficient (Wildman–Crippen LogP) is 0.553. The fourth-order valence-corrected chi connectivity index (χ4v) is 2.17. The highest BCUT2D eigenvalue weighted by molar-refractivity contribution is 7.89. The minimum Gasteiger partial charge on any atom is -0.213 e. The molecule has 3 nitrogen and oxygen atoms in total. The van der Waals surface area contributed by atoms with Crippen LogP contribution in [-0.2, 0) is 10.0 Å². The van der Waals surface area contributed by atoms with Crippen molar-refractivity contribution in [1.29, 1.82) is 0 Å². The third-order valence-electron chi connectivity index (χ3n) is 0.761. The van der Waals surface area contributed by atoms with Gasteiger partial charge >= 0.3 is 0 Å². The molecule has 0 aromatic carbocycles. The largest absolute Gasteiger partial charge is 0.213 e. The SMILES string of the molecule is CC(C)NS(=O)(=O)CCCl. The van der Waals surface area contributed by atoms with Gasteiger partial charge in [-0.2, -0.15) is 0 Å². The predicted molar refractivity (Wildman–Crippen MR) is 42.8 cm³/mol. The van der Waals surface area contributed by atoms with Gasteiger partial charge in [0.25, 0.3) is 0 Å². The second kappa shape index (κ2) is 4.16. The molecular formula is C5H12ClNO2S. The van der Waals surface area contributed by atoms with Crippen LogP contribution in [0.4, 0.5) is 0 Å². The molecule has 0 bridgehead atoms. The summed E-state index contributed by atoms with van der Waals surface area (Å²) in [7, 11) is -3.11. The molecule has 10 heavy (non-hydrogen) atoms. The Balaban J connectivity index is 3.89. The molecule has 0 saturated carbocycles. The summed E-state index contributed by atoms with van der Waals surface area (Å²) in [6.45, 7) is 3.54. The van der Waals surface area contributed by atoms with Crippen molar-refractivity contribution >= 4 is 21.6 Å². The number of hydrogen-bond donors (Lipinski definition) is 1. The Labute approximate surface area is 66.8 Å². The summed E-state index contributed by atoms with van der Waals surface area (Å²) in [5, 5.41) is 0. The summed E-state index contributed by atoms with van der Waals surface area (Å²) in [4.78, 5) is 0. The zero-order valence-electron chi connectivity index (χ0n) is 6.09. The van der Waals surface area contributed by atoms with E-state index in [-0.39, 0.29) is 17.7 Å². The molecule has 0 aromatic heterocycles. The topological polar surface area (TPSA) is 46.2 Å². The number of rotatable bonds is 4. The van der Waals surface area contributed by atoms with Crippen LogP contribution in [-0.4, -0.2) is 26.1 Å². The van der Waals surface area contributed by atoms with Crippen LogP contribution < -0.4 is 4.72 Å². The lowest BCUT2D eigenvalue weighted by Crippen LogP contribution is -2.32. The molecule has 0 spiro atoms. The van der Waals surface area contributed by atoms with Crippen LogP contribution in [0.1, 0.15) is 13.8 Å². The van der Waals surface area contributed by atoms with Crippen LogP contribution in [0.3, 0.4) is 0 Å². The lowest BCUT2D eigenvalue weighted by molar-refractivity contribution is 0.571. The third-order valence-corrected chi connectivity index (χ3v) is 2.75. The van der Waals surface area contributed by atoms with E-state index in [2.05, 4.69) is 4.72 Å². The summed E-state index contributed by atoms with van der Waals surface area (Å²) in [6.07, 6.45) is 0. The van der Waals surface area contributed by atoms with Gasteiger partial charge in [-0.25, -0.2) is 13.1 Å². The van der Waals surface area contributed by atoms with Gasteiger partial charge in [0.2, 0.25) is 10.0 Å². The Morgan fingerprint density at radius 1 is 1.50 bits per heavy atom. The van der Waals surface area contributed by atoms with Crippen molar-refractivity contribution in [2.75, 3.05) is 11.6 Å². The van der Waals surface area contributed by atoms with E-state index < -0.39 is 10.0 Å². The lowest BCUT2D eigenvalue weighted by Gasteiger charge is -2.06. The second-order valence-corrected chi connectivity index (χ2v) is 4.53. The van der Waals surface area contributed by atoms with E-state index in [9.17, 15) is 8.42 Å². The molecular weight excluding hydrogens is 174 g/mol. The standard InChI is InChI=1S/C5H12ClNO2S/c1-5(2)7-10(8,9)4-3-6/h5,7H,3-4H2,1-2H3. The highest BCUT2D eigenvalue weighted by atomic mass is 35.5. The first-order valence-corrected chi connectivity index (χ1v) is 5.22. The van der Waals surface area contributed by atoms with Gasteiger partial charge in [0.1, 0.15) is 0 Å². The number of halogens is 1. The molecule has 0 unspecified atom stereocenters. The van der Waals surface area contributed by atoms with Crippen molar-refractivity contribution in [3.8, 4) is 0 Å². The van der Waals surface area contributed by atoms with E-state index in [1.54, 1.807) is 13.8 Å². The Kier molecular flexibility index (Phi) is 4.24. The molecule has 1 N–H and O–H groups in total. The fraction of sp³-hybridized carbons (Fsp3) is 1.00. The van der Waals surface area contributed by atoms with Crippen LogP contribution in [0.5, 0.6) is 0 Å². The first-order valence-electron chi connectivity index (χ1n) is 3.04. The van der Waals surface area contributed by atoms with Crippen LogP contribution >= 0.6 is 11.6 Å². The summed E-state index contributed by atoms with van der Waals surface area (Å²) in [6, 6.07) is -0.0479. The molecule has 0 aliphatic rings. The van der Waals surface area contributed by atoms with Crippen molar-refractivity contribution in [2.24, 2.45) is 0 Å². The number of sulfonamides is 1. The molecule has 0 amide bonds. The maximum Gasteiger partial charge on any atom is 0.213 e. The minimum absolute atomic E-state index is 0.00721. The number of alkyl halides is 1. The average molecular weight is 186 g/mol. The second-order valence-electron chi connectivity index (χ2n) is 2.28. The summed E-state index contributed by atoms with van der Waals surface area (Å²) in [5.74, 6) is 0.134. The smallest absolute Gasteiger partial charge is 0.213 e. The van der Waals surface area contributed by atoms with Crippen molar-refractivity contribution in [3.63, 3.8) is 0 Å². The molecule has 0 radical (unpaired) electrons. The summed E-state index contributed by atoms with van der Waals surface area (Å²) >= 11 is 5.25. The van der Waals surface area contributed by atoms with E-state index in [0.717, 1.165) is 0 Å². The Hall–Kier alpha value is 0.200. The van der Waals surface area contributed by atoms with Crippen molar-refractivity contribution in [1.82, 2.24) is 4.72 Å². The van der Waals surface area contributed by atoms with E-state index >= 15 is 0 Å². The Morgan fingerprint density at radius 3 is 2.30 bits per heavy atom. The van der Waals surface area contributed by atoms with E-state index in [4.69, 9.17) is 11.6 Å². The van der Waals surface area contributed by atoms with E-state index in [1.807, 2.05) is 0 Å². The maximum absolute atomic E-state index is 10.8.